The topological polar surface area (TPSA) is 75.1 Å². The van der Waals surface area contributed by atoms with Gasteiger partial charge in [-0.15, -0.1) is 11.6 Å². The van der Waals surface area contributed by atoms with E-state index in [9.17, 15) is 4.79 Å². The SMILES string of the molecule is O=c1[nH]nc2cc(NCCCCCl)ncn12. The van der Waals surface area contributed by atoms with Gasteiger partial charge >= 0.3 is 5.69 Å². The minimum Gasteiger partial charge on any atom is -0.370 e. The van der Waals surface area contributed by atoms with E-state index in [1.807, 2.05) is 0 Å². The first-order chi connectivity index (χ1) is 7.81. The van der Waals surface area contributed by atoms with Crippen LogP contribution in [-0.4, -0.2) is 32.0 Å². The number of nitrogens with one attached hydrogen (secondary N) is 2. The van der Waals surface area contributed by atoms with Crippen LogP contribution in [0.4, 0.5) is 5.82 Å². The van der Waals surface area contributed by atoms with Crippen LogP contribution in [0.2, 0.25) is 0 Å². The fourth-order valence-corrected chi connectivity index (χ4v) is 1.53. The molecule has 6 nitrogen and oxygen atoms in total. The van der Waals surface area contributed by atoms with Crippen molar-refractivity contribution < 1.29 is 0 Å². The van der Waals surface area contributed by atoms with Gasteiger partial charge in [0, 0.05) is 18.5 Å². The van der Waals surface area contributed by atoms with Crippen molar-refractivity contribution in [2.24, 2.45) is 0 Å². The lowest BCUT2D eigenvalue weighted by Gasteiger charge is -2.03. The van der Waals surface area contributed by atoms with Crippen molar-refractivity contribution in [2.75, 3.05) is 17.7 Å². The summed E-state index contributed by atoms with van der Waals surface area (Å²) in [5.74, 6) is 1.38. The number of nitrogens with zero attached hydrogens (tertiary/aromatic N) is 3. The standard InChI is InChI=1S/C9H12ClN5O/c10-3-1-2-4-11-7-5-8-13-14-9(16)15(8)6-12-7/h5-6,11H,1-4H2,(H,14,16). The molecule has 86 valence electrons. The average Bonchev–Trinajstić information content (AvgIpc) is 2.66. The first-order valence-corrected chi connectivity index (χ1v) is 5.57. The van der Waals surface area contributed by atoms with Gasteiger partial charge in [-0.3, -0.25) is 0 Å². The number of aromatic nitrogens is 4. The molecule has 0 fully saturated rings. The van der Waals surface area contributed by atoms with Gasteiger partial charge in [0.2, 0.25) is 0 Å². The molecule has 0 unspecified atom stereocenters. The van der Waals surface area contributed by atoms with E-state index >= 15 is 0 Å². The summed E-state index contributed by atoms with van der Waals surface area (Å²) < 4.78 is 1.35. The Kier molecular flexibility index (Phi) is 3.40. The molecule has 0 radical (unpaired) electrons. The molecular weight excluding hydrogens is 230 g/mol. The summed E-state index contributed by atoms with van der Waals surface area (Å²) in [5.41, 5.74) is 0.274. The van der Waals surface area contributed by atoms with Crippen LogP contribution in [0.3, 0.4) is 0 Å². The third-order valence-corrected chi connectivity index (χ3v) is 2.44. The van der Waals surface area contributed by atoms with Crippen molar-refractivity contribution in [3.05, 3.63) is 22.9 Å². The summed E-state index contributed by atoms with van der Waals surface area (Å²) in [7, 11) is 0. The Labute approximate surface area is 96.7 Å². The largest absolute Gasteiger partial charge is 0.370 e. The second kappa shape index (κ2) is 4.98. The summed E-state index contributed by atoms with van der Waals surface area (Å²) >= 11 is 5.57. The van der Waals surface area contributed by atoms with Crippen molar-refractivity contribution in [3.63, 3.8) is 0 Å². The Hall–Kier alpha value is -1.56. The fourth-order valence-electron chi connectivity index (χ4n) is 1.34. The summed E-state index contributed by atoms with van der Waals surface area (Å²) in [4.78, 5) is 15.3. The van der Waals surface area contributed by atoms with Gasteiger partial charge in [-0.05, 0) is 12.8 Å². The Balaban J connectivity index is 2.05. The molecule has 0 aromatic carbocycles. The Morgan fingerprint density at radius 3 is 3.19 bits per heavy atom. The van der Waals surface area contributed by atoms with Gasteiger partial charge in [0.25, 0.3) is 0 Å². The van der Waals surface area contributed by atoms with Crippen LogP contribution < -0.4 is 11.0 Å². The molecule has 0 amide bonds. The molecule has 0 saturated heterocycles. The number of hydrogen-bond acceptors (Lipinski definition) is 4. The molecule has 2 rings (SSSR count). The van der Waals surface area contributed by atoms with Gasteiger partial charge < -0.3 is 5.32 Å². The van der Waals surface area contributed by atoms with Crippen molar-refractivity contribution in [1.82, 2.24) is 19.6 Å². The van der Waals surface area contributed by atoms with Crippen LogP contribution in [0.1, 0.15) is 12.8 Å². The minimum atomic E-state index is -0.281. The summed E-state index contributed by atoms with van der Waals surface area (Å²) in [6, 6.07) is 1.72. The molecule has 7 heteroatoms. The molecule has 0 bridgehead atoms. The zero-order valence-corrected chi connectivity index (χ0v) is 9.37. The van der Waals surface area contributed by atoms with Crippen LogP contribution in [0.5, 0.6) is 0 Å². The molecule has 0 aliphatic rings. The molecule has 2 aromatic heterocycles. The number of aromatic amines is 1. The van der Waals surface area contributed by atoms with Crippen LogP contribution in [-0.2, 0) is 0 Å². The van der Waals surface area contributed by atoms with Gasteiger partial charge in [0.05, 0.1) is 0 Å². The first-order valence-electron chi connectivity index (χ1n) is 5.04. The van der Waals surface area contributed by atoms with Crippen LogP contribution in [0, 0.1) is 0 Å². The van der Waals surface area contributed by atoms with E-state index in [1.54, 1.807) is 6.07 Å². The van der Waals surface area contributed by atoms with E-state index < -0.39 is 0 Å². The van der Waals surface area contributed by atoms with Crippen LogP contribution in [0.15, 0.2) is 17.2 Å². The highest BCUT2D eigenvalue weighted by molar-refractivity contribution is 6.17. The Morgan fingerprint density at radius 2 is 2.38 bits per heavy atom. The van der Waals surface area contributed by atoms with E-state index in [2.05, 4.69) is 20.5 Å². The number of halogens is 1. The molecule has 2 N–H and O–H groups in total. The number of unbranched alkanes of at least 4 members (excludes halogenated alkanes) is 1. The fraction of sp³-hybridized carbons (Fsp3) is 0.444. The number of alkyl halides is 1. The average molecular weight is 242 g/mol. The highest BCUT2D eigenvalue weighted by atomic mass is 35.5. The van der Waals surface area contributed by atoms with E-state index in [4.69, 9.17) is 11.6 Å². The summed E-state index contributed by atoms with van der Waals surface area (Å²) in [5, 5.41) is 9.34. The number of fused-ring (bicyclic) bond motifs is 1. The second-order valence-electron chi connectivity index (χ2n) is 3.35. The van der Waals surface area contributed by atoms with Crippen LogP contribution >= 0.6 is 11.6 Å². The molecule has 16 heavy (non-hydrogen) atoms. The highest BCUT2D eigenvalue weighted by Crippen LogP contribution is 2.04. The lowest BCUT2D eigenvalue weighted by molar-refractivity contribution is 0.835. The maximum Gasteiger partial charge on any atom is 0.348 e. The number of H-pyrrole nitrogens is 1. The number of rotatable bonds is 5. The van der Waals surface area contributed by atoms with Gasteiger partial charge in [-0.1, -0.05) is 0 Å². The van der Waals surface area contributed by atoms with Gasteiger partial charge in [-0.25, -0.2) is 19.3 Å². The highest BCUT2D eigenvalue weighted by Gasteiger charge is 2.01. The molecule has 2 heterocycles. The van der Waals surface area contributed by atoms with Crippen LogP contribution in [0.25, 0.3) is 5.65 Å². The predicted octanol–water partition coefficient (Wildman–Crippen LogP) is 0.848. The summed E-state index contributed by atoms with van der Waals surface area (Å²) in [6.07, 6.45) is 3.41. The van der Waals surface area contributed by atoms with E-state index in [0.29, 0.717) is 17.3 Å². The second-order valence-corrected chi connectivity index (χ2v) is 3.73. The minimum absolute atomic E-state index is 0.281. The zero-order valence-electron chi connectivity index (χ0n) is 8.61. The normalized spacial score (nSPS) is 10.8. The smallest absolute Gasteiger partial charge is 0.348 e. The van der Waals surface area contributed by atoms with Crippen molar-refractivity contribution >= 4 is 23.1 Å². The van der Waals surface area contributed by atoms with E-state index in [1.165, 1.54) is 10.7 Å². The predicted molar refractivity (Wildman–Crippen MR) is 62.1 cm³/mol. The number of anilines is 1. The molecule has 0 aliphatic carbocycles. The Bertz CT molecular complexity index is 520. The maximum absolute atomic E-state index is 11.2. The monoisotopic (exact) mass is 241 g/mol. The van der Waals surface area contributed by atoms with Gasteiger partial charge in [0.1, 0.15) is 12.1 Å². The molecular formula is C9H12ClN5O. The van der Waals surface area contributed by atoms with Gasteiger partial charge in [-0.2, -0.15) is 5.10 Å². The van der Waals surface area contributed by atoms with Gasteiger partial charge in [0.15, 0.2) is 5.65 Å². The third kappa shape index (κ3) is 2.33. The van der Waals surface area contributed by atoms with Crippen molar-refractivity contribution in [2.45, 2.75) is 12.8 Å². The molecule has 0 spiro atoms. The quantitative estimate of drug-likeness (QED) is 0.601. The molecule has 0 aliphatic heterocycles. The summed E-state index contributed by atoms with van der Waals surface area (Å²) in [6.45, 7) is 0.810. The third-order valence-electron chi connectivity index (χ3n) is 2.18. The molecule has 0 atom stereocenters. The lowest BCUT2D eigenvalue weighted by Crippen LogP contribution is -2.10. The van der Waals surface area contributed by atoms with E-state index in [0.717, 1.165) is 19.4 Å². The van der Waals surface area contributed by atoms with Crippen molar-refractivity contribution in [1.29, 1.82) is 0 Å². The van der Waals surface area contributed by atoms with Crippen molar-refractivity contribution in [3.8, 4) is 0 Å². The molecule has 0 saturated carbocycles. The number of hydrogen-bond donors (Lipinski definition) is 2. The first kappa shape index (κ1) is 10.9. The molecule has 2 aromatic rings. The Morgan fingerprint density at radius 1 is 1.50 bits per heavy atom. The lowest BCUT2D eigenvalue weighted by atomic mass is 10.3. The zero-order chi connectivity index (χ0) is 11.4. The maximum atomic E-state index is 11.2. The van der Waals surface area contributed by atoms with E-state index in [-0.39, 0.29) is 5.69 Å².